The molecule has 0 amide bonds. The predicted molar refractivity (Wildman–Crippen MR) is 401 cm³/mol. The molecule has 0 atom stereocenters. The molecule has 0 spiro atoms. The molecule has 492 valence electrons. The van der Waals surface area contributed by atoms with Gasteiger partial charge in [0.15, 0.2) is 24.3 Å². The van der Waals surface area contributed by atoms with Crippen molar-refractivity contribution in [1.82, 2.24) is 19.9 Å². The normalized spacial score (nSPS) is 14.3. The van der Waals surface area contributed by atoms with Crippen LogP contribution in [0, 0.1) is 69.2 Å². The first-order valence-corrected chi connectivity index (χ1v) is 34.8. The Morgan fingerprint density at radius 2 is 0.571 bits per heavy atom. The second kappa shape index (κ2) is 24.6. The largest absolute Gasteiger partial charge is 0.257 e. The van der Waals surface area contributed by atoms with Crippen molar-refractivity contribution in [3.63, 3.8) is 0 Å². The Morgan fingerprint density at radius 3 is 0.949 bits per heavy atom. The molecule has 12 aromatic rings. The molecule has 0 radical (unpaired) electrons. The summed E-state index contributed by atoms with van der Waals surface area (Å²) in [5.74, 6) is 0. The van der Waals surface area contributed by atoms with Crippen LogP contribution >= 0.6 is 0 Å². The highest BCUT2D eigenvalue weighted by molar-refractivity contribution is 5.87. The van der Waals surface area contributed by atoms with E-state index in [0.717, 1.165) is 22.8 Å². The van der Waals surface area contributed by atoms with Crippen molar-refractivity contribution >= 4 is 0 Å². The summed E-state index contributed by atoms with van der Waals surface area (Å²) >= 11 is 0. The van der Waals surface area contributed by atoms with Gasteiger partial charge >= 0.3 is 0 Å². The maximum absolute atomic E-state index is 4.88. The molecule has 16 rings (SSSR count). The van der Waals surface area contributed by atoms with Gasteiger partial charge in [0, 0.05) is 144 Å². The molecule has 8 aromatic heterocycles. The summed E-state index contributed by atoms with van der Waals surface area (Å²) in [6, 6.07) is 59.9. The van der Waals surface area contributed by atoms with Crippen LogP contribution in [0.2, 0.25) is 0 Å². The lowest BCUT2D eigenvalue weighted by atomic mass is 9.83. The molecule has 8 nitrogen and oxygen atoms in total. The minimum atomic E-state index is -0.0679. The van der Waals surface area contributed by atoms with Crippen molar-refractivity contribution in [3.8, 4) is 89.5 Å². The zero-order valence-electron chi connectivity index (χ0n) is 61.9. The van der Waals surface area contributed by atoms with E-state index in [0.29, 0.717) is 0 Å². The van der Waals surface area contributed by atoms with Crippen molar-refractivity contribution in [2.24, 2.45) is 28.2 Å². The third-order valence-electron chi connectivity index (χ3n) is 21.8. The first-order chi connectivity index (χ1) is 46.4. The summed E-state index contributed by atoms with van der Waals surface area (Å²) in [6.45, 7) is 39.7. The zero-order valence-corrected chi connectivity index (χ0v) is 61.9. The smallest absolute Gasteiger partial charge is 0.212 e. The van der Waals surface area contributed by atoms with Gasteiger partial charge in [0.25, 0.3) is 0 Å². The van der Waals surface area contributed by atoms with E-state index in [1.807, 2.05) is 0 Å². The fourth-order valence-corrected chi connectivity index (χ4v) is 15.9. The van der Waals surface area contributed by atoms with Gasteiger partial charge < -0.3 is 0 Å². The molecule has 0 unspecified atom stereocenters. The standard InChI is InChI=1S/2C23H25N2.2C22H23N2/c1-14-9-10-25(6)21(11-14)18-13-19-17-8-7-16(3)24-22(17)23(4,5)20(19)12-15(18)2;1-14-12-19-17-11-10-15(2)24-22(17)23(4,5)20(19)13-18(14)21-9-7-8-16(3)25(21)6;2*1-14-12-18-16-10-9-15(2)23-21(16)22(3,4)19(18)13-17(14)20-8-6-7-11-24(20)5/h2*7-13H,1-6H3;2*6-13H,1-5H3/q4*+1. The summed E-state index contributed by atoms with van der Waals surface area (Å²) in [6.07, 6.45) is 6.35. The number of hydrogen-bond acceptors (Lipinski definition) is 4. The van der Waals surface area contributed by atoms with Crippen LogP contribution in [-0.4, -0.2) is 19.9 Å². The molecule has 0 aliphatic heterocycles. The number of nitrogens with zero attached hydrogens (tertiary/aromatic N) is 8. The number of benzene rings is 4. The number of aromatic nitrogens is 8. The number of fused-ring (bicyclic) bond motifs is 12. The van der Waals surface area contributed by atoms with Gasteiger partial charge in [0.2, 0.25) is 22.8 Å². The molecule has 4 aliphatic carbocycles. The van der Waals surface area contributed by atoms with Crippen LogP contribution in [0.4, 0.5) is 0 Å². The average Bonchev–Trinajstić information content (AvgIpc) is 1.61. The second-order valence-corrected chi connectivity index (χ2v) is 30.5. The minimum Gasteiger partial charge on any atom is -0.257 e. The Bertz CT molecular complexity index is 5110. The highest BCUT2D eigenvalue weighted by Gasteiger charge is 2.42. The molecule has 0 saturated carbocycles. The average molecular weight is 1290 g/mol. The van der Waals surface area contributed by atoms with E-state index in [1.54, 1.807) is 0 Å². The van der Waals surface area contributed by atoms with Crippen LogP contribution < -0.4 is 18.3 Å². The van der Waals surface area contributed by atoms with Gasteiger partial charge in [-0.1, -0.05) is 104 Å². The monoisotopic (exact) mass is 1290 g/mol. The van der Waals surface area contributed by atoms with Gasteiger partial charge in [-0.25, -0.2) is 13.7 Å². The third kappa shape index (κ3) is 11.3. The summed E-state index contributed by atoms with van der Waals surface area (Å²) in [5, 5.41) is 0. The molecule has 4 aromatic carbocycles. The van der Waals surface area contributed by atoms with Crippen LogP contribution in [0.5, 0.6) is 0 Å². The van der Waals surface area contributed by atoms with E-state index in [9.17, 15) is 0 Å². The van der Waals surface area contributed by atoms with Crippen molar-refractivity contribution in [1.29, 1.82) is 0 Å². The molecule has 0 bridgehead atoms. The molecule has 8 heteroatoms. The third-order valence-corrected chi connectivity index (χ3v) is 21.8. The maximum Gasteiger partial charge on any atom is 0.212 e. The van der Waals surface area contributed by atoms with Crippen LogP contribution in [0.15, 0.2) is 182 Å². The zero-order chi connectivity index (χ0) is 70.0. The number of hydrogen-bond donors (Lipinski definition) is 0. The lowest BCUT2D eigenvalue weighted by Crippen LogP contribution is -2.34. The van der Waals surface area contributed by atoms with Crippen LogP contribution in [0.1, 0.15) is 157 Å². The van der Waals surface area contributed by atoms with Crippen molar-refractivity contribution in [3.05, 3.63) is 284 Å². The first kappa shape index (κ1) is 66.7. The molecular formula is C90H96N8+4. The summed E-state index contributed by atoms with van der Waals surface area (Å²) < 4.78 is 8.85. The first-order valence-electron chi connectivity index (χ1n) is 34.8. The van der Waals surface area contributed by atoms with E-state index in [1.165, 1.54) is 168 Å². The topological polar surface area (TPSA) is 67.1 Å². The number of aryl methyl sites for hydroxylation is 13. The van der Waals surface area contributed by atoms with Gasteiger partial charge in [-0.2, -0.15) is 4.57 Å². The highest BCUT2D eigenvalue weighted by Crippen LogP contribution is 2.54. The fourth-order valence-electron chi connectivity index (χ4n) is 15.9. The Labute approximate surface area is 582 Å². The van der Waals surface area contributed by atoms with E-state index in [4.69, 9.17) is 19.9 Å². The maximum atomic E-state index is 4.88. The quantitative estimate of drug-likeness (QED) is 0.165. The fraction of sp³-hybridized carbons (Fsp3) is 0.289. The van der Waals surface area contributed by atoms with Crippen LogP contribution in [0.25, 0.3) is 89.5 Å². The van der Waals surface area contributed by atoms with E-state index < -0.39 is 0 Å². The van der Waals surface area contributed by atoms with Gasteiger partial charge in [0.1, 0.15) is 28.2 Å². The van der Waals surface area contributed by atoms with Crippen molar-refractivity contribution in [2.45, 2.75) is 146 Å². The lowest BCUT2D eigenvalue weighted by molar-refractivity contribution is -0.666. The Kier molecular flexibility index (Phi) is 16.7. The highest BCUT2D eigenvalue weighted by atomic mass is 14.9. The number of pyridine rings is 8. The molecule has 98 heavy (non-hydrogen) atoms. The van der Waals surface area contributed by atoms with E-state index in [2.05, 4.69) is 353 Å². The van der Waals surface area contributed by atoms with Crippen molar-refractivity contribution < 1.29 is 18.3 Å². The summed E-state index contributed by atoms with van der Waals surface area (Å²) in [5.41, 5.74) is 42.9. The second-order valence-electron chi connectivity index (χ2n) is 30.5. The van der Waals surface area contributed by atoms with Gasteiger partial charge in [-0.3, -0.25) is 19.9 Å². The molecule has 4 aliphatic rings. The SMILES string of the molecule is Cc1cc[n+](C)c(-c2cc3c(cc2C)C(C)(C)c2nc(C)ccc2-3)c1.Cc1ccc2c(n1)C(C)(C)c1cc(-c3cccc(C)[n+]3C)c(C)cc1-2.Cc1ccc2c(n1)C(C)(C)c1cc(-c3cccc[n+]3C)c(C)cc1-2.Cc1ccc2c(n1)C(C)(C)c1cc(-c3cccc[n+]3C)c(C)cc1-2. The lowest BCUT2D eigenvalue weighted by Gasteiger charge is -2.21. The summed E-state index contributed by atoms with van der Waals surface area (Å²) in [4.78, 5) is 19.5. The molecule has 0 saturated heterocycles. The molecule has 0 N–H and O–H groups in total. The summed E-state index contributed by atoms with van der Waals surface area (Å²) in [7, 11) is 8.46. The molecule has 0 fully saturated rings. The van der Waals surface area contributed by atoms with Crippen LogP contribution in [-0.2, 0) is 49.9 Å². The molecule has 8 heterocycles. The van der Waals surface area contributed by atoms with E-state index >= 15 is 0 Å². The Hall–Kier alpha value is -9.92. The Balaban J connectivity index is 0.000000118. The number of rotatable bonds is 4. The van der Waals surface area contributed by atoms with Gasteiger partial charge in [-0.15, -0.1) is 0 Å². The predicted octanol–water partition coefficient (Wildman–Crippen LogP) is 18.6. The van der Waals surface area contributed by atoms with Crippen molar-refractivity contribution in [2.75, 3.05) is 0 Å². The molecular weight excluding hydrogens is 1190 g/mol. The Morgan fingerprint density at radius 1 is 0.255 bits per heavy atom. The van der Waals surface area contributed by atoms with Gasteiger partial charge in [-0.05, 0) is 201 Å². The van der Waals surface area contributed by atoms with Gasteiger partial charge in [0.05, 0.1) is 22.8 Å². The van der Waals surface area contributed by atoms with E-state index in [-0.39, 0.29) is 21.7 Å². The van der Waals surface area contributed by atoms with Crippen LogP contribution in [0.3, 0.4) is 0 Å². The minimum absolute atomic E-state index is 0.0469.